The molecule has 29 heavy (non-hydrogen) atoms. The molecule has 1 atom stereocenters. The topological polar surface area (TPSA) is 83.4 Å². The zero-order chi connectivity index (χ0) is 20.1. The van der Waals surface area contributed by atoms with Crippen molar-refractivity contribution < 1.29 is 14.3 Å². The summed E-state index contributed by atoms with van der Waals surface area (Å²) < 4.78 is 11.6. The molecule has 156 valence electrons. The molecule has 2 aliphatic carbocycles. The van der Waals surface area contributed by atoms with E-state index < -0.39 is 0 Å². The number of nitrogens with one attached hydrogen (secondary N) is 2. The van der Waals surface area contributed by atoms with Gasteiger partial charge in [-0.2, -0.15) is 5.26 Å². The van der Waals surface area contributed by atoms with Crippen molar-refractivity contribution in [3.63, 3.8) is 0 Å². The number of amides is 2. The predicted octanol–water partition coefficient (Wildman–Crippen LogP) is 3.90. The third-order valence-corrected chi connectivity index (χ3v) is 7.01. The Balaban J connectivity index is 1.23. The average molecular weight is 398 g/mol. The van der Waals surface area contributed by atoms with E-state index in [2.05, 4.69) is 16.7 Å². The second kappa shape index (κ2) is 9.04. The highest BCUT2D eigenvalue weighted by atomic mass is 16.5. The maximum Gasteiger partial charge on any atom is 0.315 e. The number of carbonyl (C=O) groups excluding carboxylic acids is 1. The van der Waals surface area contributed by atoms with Crippen LogP contribution in [0.3, 0.4) is 0 Å². The molecule has 6 nitrogen and oxygen atoms in total. The van der Waals surface area contributed by atoms with Gasteiger partial charge in [0.2, 0.25) is 0 Å². The summed E-state index contributed by atoms with van der Waals surface area (Å²) in [6.07, 6.45) is 9.26. The Kier molecular flexibility index (Phi) is 6.25. The SMILES string of the molecule is N#Cc1ccccc1OC1CCC(NC(=O)N[C@H]2CCCC23CCOCC3)CC1. The number of benzene rings is 1. The van der Waals surface area contributed by atoms with Gasteiger partial charge in [-0.05, 0) is 68.9 Å². The maximum absolute atomic E-state index is 12.6. The number of hydrogen-bond acceptors (Lipinski definition) is 4. The van der Waals surface area contributed by atoms with Gasteiger partial charge in [-0.15, -0.1) is 0 Å². The van der Waals surface area contributed by atoms with E-state index in [1.165, 1.54) is 12.8 Å². The van der Waals surface area contributed by atoms with E-state index in [9.17, 15) is 10.1 Å². The van der Waals surface area contributed by atoms with Gasteiger partial charge >= 0.3 is 6.03 Å². The fourth-order valence-electron chi connectivity index (χ4n) is 5.29. The number of carbonyl (C=O) groups is 1. The molecular formula is C23H31N3O3. The van der Waals surface area contributed by atoms with E-state index in [1.807, 2.05) is 18.2 Å². The van der Waals surface area contributed by atoms with Crippen LogP contribution in [0.1, 0.15) is 63.4 Å². The van der Waals surface area contributed by atoms with Gasteiger partial charge in [0.15, 0.2) is 0 Å². The zero-order valence-corrected chi connectivity index (χ0v) is 17.0. The summed E-state index contributed by atoms with van der Waals surface area (Å²) in [6.45, 7) is 1.64. The molecule has 1 aromatic rings. The Morgan fingerprint density at radius 2 is 1.83 bits per heavy atom. The van der Waals surface area contributed by atoms with E-state index in [0.717, 1.165) is 58.2 Å². The third kappa shape index (κ3) is 4.67. The monoisotopic (exact) mass is 397 g/mol. The molecule has 1 aliphatic heterocycles. The largest absolute Gasteiger partial charge is 0.489 e. The number of rotatable bonds is 4. The molecule has 2 amide bonds. The van der Waals surface area contributed by atoms with Crippen LogP contribution in [-0.4, -0.2) is 37.4 Å². The fourth-order valence-corrected chi connectivity index (χ4v) is 5.29. The summed E-state index contributed by atoms with van der Waals surface area (Å²) in [5, 5.41) is 15.7. The summed E-state index contributed by atoms with van der Waals surface area (Å²) in [6, 6.07) is 9.98. The first-order valence-electron chi connectivity index (χ1n) is 11.0. The molecule has 3 aliphatic rings. The molecule has 0 radical (unpaired) electrons. The molecular weight excluding hydrogens is 366 g/mol. The summed E-state index contributed by atoms with van der Waals surface area (Å²) >= 11 is 0. The Labute approximate surface area is 172 Å². The molecule has 2 N–H and O–H groups in total. The first-order chi connectivity index (χ1) is 14.2. The molecule has 1 saturated heterocycles. The van der Waals surface area contributed by atoms with Crippen LogP contribution < -0.4 is 15.4 Å². The van der Waals surface area contributed by atoms with Crippen molar-refractivity contribution in [2.75, 3.05) is 13.2 Å². The second-order valence-electron chi connectivity index (χ2n) is 8.74. The first-order valence-corrected chi connectivity index (χ1v) is 11.0. The van der Waals surface area contributed by atoms with Gasteiger partial charge in [-0.3, -0.25) is 0 Å². The molecule has 2 saturated carbocycles. The summed E-state index contributed by atoms with van der Waals surface area (Å²) in [5.74, 6) is 0.659. The van der Waals surface area contributed by atoms with Crippen molar-refractivity contribution in [3.05, 3.63) is 29.8 Å². The molecule has 4 rings (SSSR count). The number of ether oxygens (including phenoxy) is 2. The van der Waals surface area contributed by atoms with Gasteiger partial charge in [-0.1, -0.05) is 18.6 Å². The molecule has 0 unspecified atom stereocenters. The predicted molar refractivity (Wildman–Crippen MR) is 110 cm³/mol. The van der Waals surface area contributed by atoms with Crippen LogP contribution in [-0.2, 0) is 4.74 Å². The molecule has 0 bridgehead atoms. The van der Waals surface area contributed by atoms with Gasteiger partial charge in [0.25, 0.3) is 0 Å². The number of nitriles is 1. The Hall–Kier alpha value is -2.26. The fraction of sp³-hybridized carbons (Fsp3) is 0.652. The van der Waals surface area contributed by atoms with Crippen LogP contribution in [0.2, 0.25) is 0 Å². The van der Waals surface area contributed by atoms with E-state index >= 15 is 0 Å². The summed E-state index contributed by atoms with van der Waals surface area (Å²) in [4.78, 5) is 12.6. The lowest BCUT2D eigenvalue weighted by Gasteiger charge is -2.39. The average Bonchev–Trinajstić information content (AvgIpc) is 3.11. The van der Waals surface area contributed by atoms with Crippen LogP contribution in [0.25, 0.3) is 0 Å². The van der Waals surface area contributed by atoms with E-state index in [-0.39, 0.29) is 29.6 Å². The normalized spacial score (nSPS) is 28.4. The van der Waals surface area contributed by atoms with Crippen LogP contribution in [0, 0.1) is 16.7 Å². The van der Waals surface area contributed by atoms with E-state index in [4.69, 9.17) is 9.47 Å². The van der Waals surface area contributed by atoms with Crippen molar-refractivity contribution in [2.45, 2.75) is 76.0 Å². The lowest BCUT2D eigenvalue weighted by atomic mass is 9.75. The van der Waals surface area contributed by atoms with Crippen molar-refractivity contribution >= 4 is 6.03 Å². The standard InChI is InChI=1S/C23H31N3O3/c24-16-17-4-1-2-5-20(17)29-19-9-7-18(8-10-19)25-22(27)26-21-6-3-11-23(21)12-14-28-15-13-23/h1-2,4-5,18-19,21H,3,6-15H2,(H2,25,26,27)/t18?,19?,21-/m0/s1. The van der Waals surface area contributed by atoms with Crippen LogP contribution in [0.4, 0.5) is 4.79 Å². The molecule has 6 heteroatoms. The van der Waals surface area contributed by atoms with Gasteiger partial charge in [-0.25, -0.2) is 4.79 Å². The number of para-hydroxylation sites is 1. The lowest BCUT2D eigenvalue weighted by molar-refractivity contribution is 0.00613. The van der Waals surface area contributed by atoms with Gasteiger partial charge in [0.05, 0.1) is 11.7 Å². The smallest absolute Gasteiger partial charge is 0.315 e. The lowest BCUT2D eigenvalue weighted by Crippen LogP contribution is -2.52. The van der Waals surface area contributed by atoms with Gasteiger partial charge in [0, 0.05) is 25.3 Å². The van der Waals surface area contributed by atoms with Crippen LogP contribution in [0.15, 0.2) is 24.3 Å². The number of nitrogens with zero attached hydrogens (tertiary/aromatic N) is 1. The Bertz CT molecular complexity index is 746. The van der Waals surface area contributed by atoms with Crippen molar-refractivity contribution in [3.8, 4) is 11.8 Å². The minimum atomic E-state index is -0.0260. The summed E-state index contributed by atoms with van der Waals surface area (Å²) in [5.41, 5.74) is 0.820. The number of urea groups is 1. The quantitative estimate of drug-likeness (QED) is 0.807. The van der Waals surface area contributed by atoms with Crippen LogP contribution >= 0.6 is 0 Å². The van der Waals surface area contributed by atoms with Crippen LogP contribution in [0.5, 0.6) is 5.75 Å². The van der Waals surface area contributed by atoms with E-state index in [0.29, 0.717) is 11.3 Å². The van der Waals surface area contributed by atoms with Gasteiger partial charge in [0.1, 0.15) is 11.8 Å². The minimum absolute atomic E-state index is 0.0260. The highest BCUT2D eigenvalue weighted by molar-refractivity contribution is 5.74. The van der Waals surface area contributed by atoms with Crippen molar-refractivity contribution in [1.29, 1.82) is 5.26 Å². The third-order valence-electron chi connectivity index (χ3n) is 7.01. The maximum atomic E-state index is 12.6. The zero-order valence-electron chi connectivity index (χ0n) is 17.0. The number of hydrogen-bond donors (Lipinski definition) is 2. The molecule has 1 heterocycles. The van der Waals surface area contributed by atoms with Crippen molar-refractivity contribution in [1.82, 2.24) is 10.6 Å². The Morgan fingerprint density at radius 3 is 2.59 bits per heavy atom. The molecule has 1 spiro atoms. The Morgan fingerprint density at radius 1 is 1.07 bits per heavy atom. The van der Waals surface area contributed by atoms with Crippen molar-refractivity contribution in [2.24, 2.45) is 5.41 Å². The van der Waals surface area contributed by atoms with Gasteiger partial charge < -0.3 is 20.1 Å². The second-order valence-corrected chi connectivity index (χ2v) is 8.74. The molecule has 3 fully saturated rings. The highest BCUT2D eigenvalue weighted by Crippen LogP contribution is 2.45. The summed E-state index contributed by atoms with van der Waals surface area (Å²) in [7, 11) is 0. The molecule has 1 aromatic carbocycles. The highest BCUT2D eigenvalue weighted by Gasteiger charge is 2.44. The minimum Gasteiger partial charge on any atom is -0.489 e. The first kappa shape index (κ1) is 20.0. The van der Waals surface area contributed by atoms with E-state index in [1.54, 1.807) is 6.07 Å². The molecule has 0 aromatic heterocycles.